The van der Waals surface area contributed by atoms with Gasteiger partial charge in [0.05, 0.1) is 13.7 Å². The second-order valence-electron chi connectivity index (χ2n) is 7.41. The molecule has 2 aromatic carbocycles. The lowest BCUT2D eigenvalue weighted by Crippen LogP contribution is -2.51. The summed E-state index contributed by atoms with van der Waals surface area (Å²) >= 11 is 0. The number of rotatable bonds is 8. The van der Waals surface area contributed by atoms with Crippen molar-refractivity contribution in [1.82, 2.24) is 9.80 Å². The number of allylic oxidation sites excluding steroid dienone is 1. The summed E-state index contributed by atoms with van der Waals surface area (Å²) in [7, 11) is 1.56. The summed E-state index contributed by atoms with van der Waals surface area (Å²) in [5, 5.41) is 2.69. The van der Waals surface area contributed by atoms with Gasteiger partial charge < -0.3 is 19.7 Å². The first kappa shape index (κ1) is 23.3. The third kappa shape index (κ3) is 6.55. The lowest BCUT2D eigenvalue weighted by molar-refractivity contribution is -0.135. The maximum Gasteiger partial charge on any atom is 0.260 e. The van der Waals surface area contributed by atoms with E-state index in [-0.39, 0.29) is 25.0 Å². The molecular formula is C24H28FN3O4. The Morgan fingerprint density at radius 2 is 1.88 bits per heavy atom. The van der Waals surface area contributed by atoms with Gasteiger partial charge in [-0.3, -0.25) is 14.5 Å². The lowest BCUT2D eigenvalue weighted by Gasteiger charge is -2.34. The fraction of sp³-hybridized carbons (Fsp3) is 0.333. The van der Waals surface area contributed by atoms with Crippen LogP contribution in [0.4, 0.5) is 10.1 Å². The number of nitrogens with one attached hydrogen (secondary N) is 1. The van der Waals surface area contributed by atoms with Crippen LogP contribution in [-0.4, -0.2) is 68.1 Å². The van der Waals surface area contributed by atoms with Crippen molar-refractivity contribution < 1.29 is 23.5 Å². The molecule has 1 aliphatic rings. The molecule has 0 spiro atoms. The predicted octanol–water partition coefficient (Wildman–Crippen LogP) is 3.03. The number of carbonyl (C=O) groups excluding carboxylic acids is 2. The summed E-state index contributed by atoms with van der Waals surface area (Å²) in [6.07, 6.45) is 3.89. The number of anilines is 1. The molecule has 1 saturated heterocycles. The molecule has 0 aromatic heterocycles. The van der Waals surface area contributed by atoms with Crippen molar-refractivity contribution >= 4 is 23.6 Å². The number of nitrogens with zero attached hydrogens (tertiary/aromatic N) is 2. The van der Waals surface area contributed by atoms with Crippen LogP contribution in [0, 0.1) is 5.82 Å². The molecule has 0 atom stereocenters. The SMILES string of the molecule is CC=Cc1ccc(OCC(=O)N2CCN(CC(=O)Nc3cccc(F)c3)CC2)c(OC)c1. The Labute approximate surface area is 187 Å². The van der Waals surface area contributed by atoms with Crippen LogP contribution in [0.15, 0.2) is 48.5 Å². The van der Waals surface area contributed by atoms with Gasteiger partial charge in [-0.05, 0) is 42.8 Å². The predicted molar refractivity (Wildman–Crippen MR) is 121 cm³/mol. The monoisotopic (exact) mass is 441 g/mol. The van der Waals surface area contributed by atoms with Crippen LogP contribution in [-0.2, 0) is 9.59 Å². The Morgan fingerprint density at radius 3 is 2.56 bits per heavy atom. The van der Waals surface area contributed by atoms with E-state index in [1.807, 2.05) is 36.1 Å². The molecule has 0 saturated carbocycles. The minimum atomic E-state index is -0.400. The number of piperazine rings is 1. The van der Waals surface area contributed by atoms with E-state index < -0.39 is 5.82 Å². The Bertz CT molecular complexity index is 971. The fourth-order valence-electron chi connectivity index (χ4n) is 3.46. The second-order valence-corrected chi connectivity index (χ2v) is 7.41. The molecule has 0 bridgehead atoms. The molecule has 0 radical (unpaired) electrons. The van der Waals surface area contributed by atoms with Gasteiger partial charge in [0.1, 0.15) is 5.82 Å². The number of halogens is 1. The maximum absolute atomic E-state index is 13.2. The molecule has 3 rings (SSSR count). The molecule has 1 aliphatic heterocycles. The number of hydrogen-bond acceptors (Lipinski definition) is 5. The number of ether oxygens (including phenoxy) is 2. The second kappa shape index (κ2) is 11.3. The Kier molecular flexibility index (Phi) is 8.21. The van der Waals surface area contributed by atoms with Crippen LogP contribution in [0.25, 0.3) is 6.08 Å². The molecule has 32 heavy (non-hydrogen) atoms. The van der Waals surface area contributed by atoms with Crippen molar-refractivity contribution in [3.63, 3.8) is 0 Å². The number of carbonyl (C=O) groups is 2. The van der Waals surface area contributed by atoms with Gasteiger partial charge in [0.2, 0.25) is 5.91 Å². The molecule has 170 valence electrons. The summed E-state index contributed by atoms with van der Waals surface area (Å²) in [5.41, 5.74) is 1.41. The van der Waals surface area contributed by atoms with Gasteiger partial charge >= 0.3 is 0 Å². The molecule has 8 heteroatoms. The van der Waals surface area contributed by atoms with Crippen molar-refractivity contribution in [2.45, 2.75) is 6.92 Å². The molecule has 1 heterocycles. The summed E-state index contributed by atoms with van der Waals surface area (Å²) in [4.78, 5) is 28.4. The average Bonchev–Trinajstić information content (AvgIpc) is 2.78. The van der Waals surface area contributed by atoms with Gasteiger partial charge in [0, 0.05) is 31.9 Å². The lowest BCUT2D eigenvalue weighted by atomic mass is 10.2. The van der Waals surface area contributed by atoms with Crippen molar-refractivity contribution in [1.29, 1.82) is 0 Å². The number of benzene rings is 2. The topological polar surface area (TPSA) is 71.1 Å². The summed E-state index contributed by atoms with van der Waals surface area (Å²) in [6.45, 7) is 4.20. The highest BCUT2D eigenvalue weighted by atomic mass is 19.1. The highest BCUT2D eigenvalue weighted by Crippen LogP contribution is 2.28. The minimum Gasteiger partial charge on any atom is -0.493 e. The van der Waals surface area contributed by atoms with E-state index in [0.717, 1.165) is 5.56 Å². The van der Waals surface area contributed by atoms with E-state index in [1.165, 1.54) is 12.1 Å². The van der Waals surface area contributed by atoms with Gasteiger partial charge in [0.15, 0.2) is 18.1 Å². The van der Waals surface area contributed by atoms with Gasteiger partial charge in [0.25, 0.3) is 5.91 Å². The zero-order valence-corrected chi connectivity index (χ0v) is 18.3. The average molecular weight is 442 g/mol. The Balaban J connectivity index is 1.44. The molecule has 1 fully saturated rings. The minimum absolute atomic E-state index is 0.0839. The van der Waals surface area contributed by atoms with Crippen LogP contribution in [0.1, 0.15) is 12.5 Å². The number of methoxy groups -OCH3 is 1. The molecule has 2 amide bonds. The zero-order chi connectivity index (χ0) is 22.9. The van der Waals surface area contributed by atoms with Crippen LogP contribution in [0.3, 0.4) is 0 Å². The van der Waals surface area contributed by atoms with Crippen molar-refractivity contribution in [3.05, 3.63) is 59.9 Å². The van der Waals surface area contributed by atoms with Crippen LogP contribution >= 0.6 is 0 Å². The third-order valence-corrected chi connectivity index (χ3v) is 5.10. The van der Waals surface area contributed by atoms with Gasteiger partial charge in [-0.2, -0.15) is 0 Å². The van der Waals surface area contributed by atoms with E-state index in [1.54, 1.807) is 30.2 Å². The van der Waals surface area contributed by atoms with Gasteiger partial charge in [-0.15, -0.1) is 0 Å². The Hall–Kier alpha value is -3.39. The quantitative estimate of drug-likeness (QED) is 0.682. The van der Waals surface area contributed by atoms with E-state index in [0.29, 0.717) is 43.4 Å². The highest BCUT2D eigenvalue weighted by Gasteiger charge is 2.23. The van der Waals surface area contributed by atoms with Crippen molar-refractivity contribution in [2.75, 3.05) is 51.8 Å². The fourth-order valence-corrected chi connectivity index (χ4v) is 3.46. The van der Waals surface area contributed by atoms with Crippen LogP contribution in [0.5, 0.6) is 11.5 Å². The highest BCUT2D eigenvalue weighted by molar-refractivity contribution is 5.92. The largest absolute Gasteiger partial charge is 0.493 e. The van der Waals surface area contributed by atoms with Crippen LogP contribution in [0.2, 0.25) is 0 Å². The summed E-state index contributed by atoms with van der Waals surface area (Å²) < 4.78 is 24.3. The summed E-state index contributed by atoms with van der Waals surface area (Å²) in [6, 6.07) is 11.3. The van der Waals surface area contributed by atoms with E-state index in [2.05, 4.69) is 5.32 Å². The smallest absolute Gasteiger partial charge is 0.260 e. The van der Waals surface area contributed by atoms with Crippen LogP contribution < -0.4 is 14.8 Å². The molecule has 7 nitrogen and oxygen atoms in total. The zero-order valence-electron chi connectivity index (χ0n) is 18.3. The van der Waals surface area contributed by atoms with Gasteiger partial charge in [-0.1, -0.05) is 24.3 Å². The normalized spacial score (nSPS) is 14.4. The first-order chi connectivity index (χ1) is 15.5. The number of amides is 2. The van der Waals surface area contributed by atoms with Gasteiger partial charge in [-0.25, -0.2) is 4.39 Å². The van der Waals surface area contributed by atoms with E-state index in [9.17, 15) is 14.0 Å². The molecule has 1 N–H and O–H groups in total. The summed E-state index contributed by atoms with van der Waals surface area (Å²) in [5.74, 6) is 0.355. The molecule has 0 unspecified atom stereocenters. The first-order valence-corrected chi connectivity index (χ1v) is 10.5. The molecular weight excluding hydrogens is 413 g/mol. The van der Waals surface area contributed by atoms with Crippen molar-refractivity contribution in [2.24, 2.45) is 0 Å². The molecule has 2 aromatic rings. The van der Waals surface area contributed by atoms with Crippen molar-refractivity contribution in [3.8, 4) is 11.5 Å². The Morgan fingerprint density at radius 1 is 1.09 bits per heavy atom. The standard InChI is InChI=1S/C24H28FN3O4/c1-3-5-18-8-9-21(22(14-18)31-2)32-17-24(30)28-12-10-27(11-13-28)16-23(29)26-20-7-4-6-19(25)15-20/h3-9,14-15H,10-13,16-17H2,1-2H3,(H,26,29). The molecule has 0 aliphatic carbocycles. The number of hydrogen-bond donors (Lipinski definition) is 1. The first-order valence-electron chi connectivity index (χ1n) is 10.5. The van der Waals surface area contributed by atoms with E-state index >= 15 is 0 Å². The van der Waals surface area contributed by atoms with E-state index in [4.69, 9.17) is 9.47 Å². The third-order valence-electron chi connectivity index (χ3n) is 5.10. The maximum atomic E-state index is 13.2.